The fourth-order valence-electron chi connectivity index (χ4n) is 3.16. The van der Waals surface area contributed by atoms with Crippen LogP contribution < -0.4 is 9.62 Å². The van der Waals surface area contributed by atoms with E-state index in [0.29, 0.717) is 5.69 Å². The number of hydrogen-bond donors (Lipinski definition) is 1. The summed E-state index contributed by atoms with van der Waals surface area (Å²) in [7, 11) is -2.39. The van der Waals surface area contributed by atoms with Gasteiger partial charge in [-0.2, -0.15) is 0 Å². The summed E-state index contributed by atoms with van der Waals surface area (Å²) in [5, 5.41) is 3.08. The molecule has 0 unspecified atom stereocenters. The molecule has 0 aromatic heterocycles. The van der Waals surface area contributed by atoms with E-state index in [1.54, 1.807) is 24.3 Å². The average molecular weight is 443 g/mol. The number of benzene rings is 3. The number of amides is 1. The molecule has 0 fully saturated rings. The number of carbonyl (C=O) groups excluding carboxylic acids is 1. The summed E-state index contributed by atoms with van der Waals surface area (Å²) in [6.45, 7) is 3.91. The minimum Gasteiger partial charge on any atom is -0.321 e. The van der Waals surface area contributed by atoms with Crippen molar-refractivity contribution >= 4 is 38.9 Å². The molecule has 0 heterocycles. The molecule has 3 aromatic carbocycles. The van der Waals surface area contributed by atoms with E-state index in [2.05, 4.69) is 5.32 Å². The van der Waals surface area contributed by atoms with Crippen LogP contribution in [0.4, 0.5) is 11.4 Å². The third-order valence-electron chi connectivity index (χ3n) is 4.94. The normalized spacial score (nSPS) is 11.2. The van der Waals surface area contributed by atoms with E-state index < -0.39 is 15.9 Å². The predicted octanol–water partition coefficient (Wildman–Crippen LogP) is 5.29. The summed E-state index contributed by atoms with van der Waals surface area (Å²) in [5.41, 5.74) is 3.25. The van der Waals surface area contributed by atoms with E-state index in [-0.39, 0.29) is 15.5 Å². The van der Waals surface area contributed by atoms with E-state index in [4.69, 9.17) is 11.6 Å². The van der Waals surface area contributed by atoms with Crippen LogP contribution >= 0.6 is 11.6 Å². The Bertz CT molecular complexity index is 1180. The number of sulfonamides is 1. The summed E-state index contributed by atoms with van der Waals surface area (Å²) < 4.78 is 27.3. The molecule has 0 saturated heterocycles. The van der Waals surface area contributed by atoms with E-state index >= 15 is 0 Å². The largest absolute Gasteiger partial charge is 0.321 e. The highest BCUT2D eigenvalue weighted by Gasteiger charge is 2.24. The number of nitrogens with zero attached hydrogens (tertiary/aromatic N) is 1. The molecule has 0 atom stereocenters. The van der Waals surface area contributed by atoms with Crippen molar-refractivity contribution in [1.29, 1.82) is 0 Å². The van der Waals surface area contributed by atoms with Crippen LogP contribution in [0, 0.1) is 6.92 Å². The van der Waals surface area contributed by atoms with Gasteiger partial charge in [0, 0.05) is 12.7 Å². The number of rotatable bonds is 6. The summed E-state index contributed by atoms with van der Waals surface area (Å²) >= 11 is 6.25. The minimum atomic E-state index is -3.86. The van der Waals surface area contributed by atoms with Crippen molar-refractivity contribution in [2.75, 3.05) is 16.7 Å². The van der Waals surface area contributed by atoms with E-state index in [1.165, 1.54) is 29.6 Å². The van der Waals surface area contributed by atoms with E-state index in [9.17, 15) is 13.2 Å². The highest BCUT2D eigenvalue weighted by Crippen LogP contribution is 2.27. The molecule has 5 nitrogen and oxygen atoms in total. The van der Waals surface area contributed by atoms with Gasteiger partial charge in [0.05, 0.1) is 21.2 Å². The van der Waals surface area contributed by atoms with Crippen LogP contribution in [0.15, 0.2) is 71.6 Å². The van der Waals surface area contributed by atoms with Crippen molar-refractivity contribution in [2.24, 2.45) is 0 Å². The van der Waals surface area contributed by atoms with Gasteiger partial charge >= 0.3 is 0 Å². The Hall–Kier alpha value is -2.83. The molecule has 7 heteroatoms. The lowest BCUT2D eigenvalue weighted by atomic mass is 10.1. The van der Waals surface area contributed by atoms with Gasteiger partial charge in [-0.25, -0.2) is 8.42 Å². The van der Waals surface area contributed by atoms with Crippen LogP contribution in [0.5, 0.6) is 0 Å². The van der Waals surface area contributed by atoms with Gasteiger partial charge in [0.25, 0.3) is 15.9 Å². The first-order valence-corrected chi connectivity index (χ1v) is 11.3. The lowest BCUT2D eigenvalue weighted by molar-refractivity contribution is 0.102. The third kappa shape index (κ3) is 4.35. The molecular formula is C23H23ClN2O3S. The average Bonchev–Trinajstić information content (AvgIpc) is 2.75. The Labute approximate surface area is 182 Å². The molecule has 156 valence electrons. The highest BCUT2D eigenvalue weighted by atomic mass is 35.5. The van der Waals surface area contributed by atoms with Crippen molar-refractivity contribution in [3.8, 4) is 0 Å². The second kappa shape index (κ2) is 8.90. The SMILES string of the molecule is CCc1cccc(C)c1NC(=O)c1cc(S(=O)(=O)N(C)c2ccccc2)ccc1Cl. The number of anilines is 2. The summed E-state index contributed by atoms with van der Waals surface area (Å²) in [6.07, 6.45) is 0.751. The van der Waals surface area contributed by atoms with Gasteiger partial charge in [-0.3, -0.25) is 9.10 Å². The third-order valence-corrected chi connectivity index (χ3v) is 7.05. The van der Waals surface area contributed by atoms with Crippen molar-refractivity contribution in [3.05, 3.63) is 88.4 Å². The number of nitrogens with one attached hydrogen (secondary N) is 1. The van der Waals surface area contributed by atoms with Crippen LogP contribution in [0.25, 0.3) is 0 Å². The van der Waals surface area contributed by atoms with Gasteiger partial charge in [0.1, 0.15) is 0 Å². The maximum absolute atomic E-state index is 13.1. The van der Waals surface area contributed by atoms with Gasteiger partial charge in [-0.15, -0.1) is 0 Å². The fraction of sp³-hybridized carbons (Fsp3) is 0.174. The van der Waals surface area contributed by atoms with Crippen molar-refractivity contribution in [3.63, 3.8) is 0 Å². The molecule has 0 bridgehead atoms. The smallest absolute Gasteiger partial charge is 0.264 e. The summed E-state index contributed by atoms with van der Waals surface area (Å²) in [5.74, 6) is -0.455. The molecule has 0 aliphatic heterocycles. The van der Waals surface area contributed by atoms with Gasteiger partial charge in [0.15, 0.2) is 0 Å². The van der Waals surface area contributed by atoms with E-state index in [1.807, 2.05) is 38.1 Å². The maximum atomic E-state index is 13.1. The molecule has 0 saturated carbocycles. The second-order valence-corrected chi connectivity index (χ2v) is 9.24. The monoisotopic (exact) mass is 442 g/mol. The van der Waals surface area contributed by atoms with Gasteiger partial charge in [0.2, 0.25) is 0 Å². The van der Waals surface area contributed by atoms with Crippen molar-refractivity contribution < 1.29 is 13.2 Å². The number of hydrogen-bond acceptors (Lipinski definition) is 3. The quantitative estimate of drug-likeness (QED) is 0.564. The molecule has 30 heavy (non-hydrogen) atoms. The topological polar surface area (TPSA) is 66.5 Å². The van der Waals surface area contributed by atoms with Crippen LogP contribution in [-0.2, 0) is 16.4 Å². The van der Waals surface area contributed by atoms with Crippen molar-refractivity contribution in [2.45, 2.75) is 25.2 Å². The molecular weight excluding hydrogens is 420 g/mol. The molecule has 0 spiro atoms. The molecule has 1 N–H and O–H groups in total. The number of para-hydroxylation sites is 2. The Morgan fingerprint density at radius 1 is 1.03 bits per heavy atom. The fourth-order valence-corrected chi connectivity index (χ4v) is 4.58. The molecule has 0 radical (unpaired) electrons. The molecule has 3 aromatic rings. The number of carbonyl (C=O) groups is 1. The molecule has 3 rings (SSSR count). The van der Waals surface area contributed by atoms with Crippen LogP contribution in [0.1, 0.15) is 28.4 Å². The van der Waals surface area contributed by atoms with Crippen molar-refractivity contribution in [1.82, 2.24) is 0 Å². The Morgan fingerprint density at radius 3 is 2.40 bits per heavy atom. The van der Waals surface area contributed by atoms with Crippen LogP contribution in [0.3, 0.4) is 0 Å². The first kappa shape index (κ1) is 21.9. The first-order chi connectivity index (χ1) is 14.3. The first-order valence-electron chi connectivity index (χ1n) is 9.49. The van der Waals surface area contributed by atoms with E-state index in [0.717, 1.165) is 23.2 Å². The number of halogens is 1. The highest BCUT2D eigenvalue weighted by molar-refractivity contribution is 7.92. The zero-order valence-electron chi connectivity index (χ0n) is 17.0. The van der Waals surface area contributed by atoms with Crippen LogP contribution in [-0.4, -0.2) is 21.4 Å². The van der Waals surface area contributed by atoms with Gasteiger partial charge < -0.3 is 5.32 Å². The standard InChI is InChI=1S/C23H23ClN2O3S/c1-4-17-10-8-9-16(2)22(17)25-23(27)20-15-19(13-14-21(20)24)30(28,29)26(3)18-11-6-5-7-12-18/h5-15H,4H2,1-3H3,(H,25,27). The zero-order chi connectivity index (χ0) is 21.9. The molecule has 0 aliphatic carbocycles. The maximum Gasteiger partial charge on any atom is 0.264 e. The lowest BCUT2D eigenvalue weighted by Crippen LogP contribution is -2.27. The molecule has 0 aliphatic rings. The Kier molecular flexibility index (Phi) is 6.48. The summed E-state index contributed by atoms with van der Waals surface area (Å²) in [6, 6.07) is 18.7. The summed E-state index contributed by atoms with van der Waals surface area (Å²) in [4.78, 5) is 13.0. The Morgan fingerprint density at radius 2 is 1.73 bits per heavy atom. The van der Waals surface area contributed by atoms with Gasteiger partial charge in [-0.05, 0) is 54.8 Å². The van der Waals surface area contributed by atoms with Crippen LogP contribution in [0.2, 0.25) is 5.02 Å². The number of aryl methyl sites for hydroxylation is 2. The Balaban J connectivity index is 1.97. The lowest BCUT2D eigenvalue weighted by Gasteiger charge is -2.20. The molecule has 1 amide bonds. The minimum absolute atomic E-state index is 0.0103. The zero-order valence-corrected chi connectivity index (χ0v) is 18.6. The second-order valence-electron chi connectivity index (χ2n) is 6.87. The predicted molar refractivity (Wildman–Crippen MR) is 122 cm³/mol. The van der Waals surface area contributed by atoms with Gasteiger partial charge in [-0.1, -0.05) is 54.9 Å².